The molecule has 2 nitrogen and oxygen atoms in total. The molecule has 20 heavy (non-hydrogen) atoms. The second-order valence-electron chi connectivity index (χ2n) is 6.90. The Morgan fingerprint density at radius 1 is 1.30 bits per heavy atom. The Hall–Kier alpha value is -1.09. The molecule has 1 unspecified atom stereocenters. The highest BCUT2D eigenvalue weighted by Crippen LogP contribution is 2.35. The van der Waals surface area contributed by atoms with Gasteiger partial charge in [0.15, 0.2) is 0 Å². The van der Waals surface area contributed by atoms with Crippen molar-refractivity contribution in [1.82, 2.24) is 5.32 Å². The van der Waals surface area contributed by atoms with Crippen LogP contribution in [0.4, 0.5) is 10.1 Å². The first kappa shape index (κ1) is 15.3. The summed E-state index contributed by atoms with van der Waals surface area (Å²) in [4.78, 5) is 2.33. The monoisotopic (exact) mass is 278 g/mol. The van der Waals surface area contributed by atoms with Crippen molar-refractivity contribution in [3.63, 3.8) is 0 Å². The normalized spacial score (nSPS) is 19.6. The highest BCUT2D eigenvalue weighted by atomic mass is 19.1. The first-order chi connectivity index (χ1) is 9.40. The molecule has 0 saturated carbocycles. The van der Waals surface area contributed by atoms with Crippen molar-refractivity contribution < 1.29 is 4.39 Å². The van der Waals surface area contributed by atoms with Crippen LogP contribution in [-0.2, 0) is 6.54 Å². The standard InChI is InChI=1S/C17H27FN2/c1-5-19-11-13-8-15(18)10-16(9-13)20-7-6-14(12-20)17(2,3)4/h8-10,14,19H,5-7,11-12H2,1-4H3. The van der Waals surface area contributed by atoms with Crippen LogP contribution in [0.15, 0.2) is 18.2 Å². The van der Waals surface area contributed by atoms with Crippen LogP contribution in [0.2, 0.25) is 0 Å². The van der Waals surface area contributed by atoms with Crippen molar-refractivity contribution in [2.45, 2.75) is 40.7 Å². The molecule has 3 heteroatoms. The van der Waals surface area contributed by atoms with E-state index in [4.69, 9.17) is 0 Å². The Morgan fingerprint density at radius 2 is 2.05 bits per heavy atom. The molecule has 0 radical (unpaired) electrons. The van der Waals surface area contributed by atoms with Crippen molar-refractivity contribution in [2.75, 3.05) is 24.5 Å². The van der Waals surface area contributed by atoms with E-state index in [2.05, 4.69) is 44.0 Å². The van der Waals surface area contributed by atoms with E-state index in [1.54, 1.807) is 12.1 Å². The summed E-state index contributed by atoms with van der Waals surface area (Å²) in [5.41, 5.74) is 2.39. The summed E-state index contributed by atoms with van der Waals surface area (Å²) in [6.07, 6.45) is 1.20. The first-order valence-electron chi connectivity index (χ1n) is 7.65. The highest BCUT2D eigenvalue weighted by Gasteiger charge is 2.31. The molecule has 1 aromatic carbocycles. The van der Waals surface area contributed by atoms with Gasteiger partial charge < -0.3 is 10.2 Å². The van der Waals surface area contributed by atoms with Gasteiger partial charge in [-0.2, -0.15) is 0 Å². The van der Waals surface area contributed by atoms with Gasteiger partial charge in [0, 0.05) is 25.3 Å². The number of anilines is 1. The summed E-state index contributed by atoms with van der Waals surface area (Å²) >= 11 is 0. The van der Waals surface area contributed by atoms with Gasteiger partial charge >= 0.3 is 0 Å². The maximum absolute atomic E-state index is 13.8. The number of rotatable bonds is 4. The molecule has 1 fully saturated rings. The van der Waals surface area contributed by atoms with E-state index in [-0.39, 0.29) is 5.82 Å². The molecule has 1 atom stereocenters. The fraction of sp³-hybridized carbons (Fsp3) is 0.647. The zero-order chi connectivity index (χ0) is 14.8. The van der Waals surface area contributed by atoms with E-state index < -0.39 is 0 Å². The van der Waals surface area contributed by atoms with Crippen molar-refractivity contribution in [3.8, 4) is 0 Å². The van der Waals surface area contributed by atoms with Crippen molar-refractivity contribution >= 4 is 5.69 Å². The first-order valence-corrected chi connectivity index (χ1v) is 7.65. The van der Waals surface area contributed by atoms with Crippen LogP contribution in [0.3, 0.4) is 0 Å². The van der Waals surface area contributed by atoms with E-state index in [0.29, 0.717) is 11.3 Å². The molecule has 0 aromatic heterocycles. The summed E-state index contributed by atoms with van der Waals surface area (Å²) in [7, 11) is 0. The van der Waals surface area contributed by atoms with Crippen molar-refractivity contribution in [3.05, 3.63) is 29.6 Å². The number of halogens is 1. The maximum atomic E-state index is 13.8. The average Bonchev–Trinajstić information content (AvgIpc) is 2.85. The lowest BCUT2D eigenvalue weighted by Crippen LogP contribution is -2.26. The Morgan fingerprint density at radius 3 is 2.65 bits per heavy atom. The van der Waals surface area contributed by atoms with Gasteiger partial charge in [0.25, 0.3) is 0 Å². The average molecular weight is 278 g/mol. The Kier molecular flexibility index (Phi) is 4.69. The molecule has 1 heterocycles. The molecule has 1 aliphatic heterocycles. The lowest BCUT2D eigenvalue weighted by Gasteiger charge is -2.27. The summed E-state index contributed by atoms with van der Waals surface area (Å²) in [6, 6.07) is 5.42. The number of nitrogens with one attached hydrogen (secondary N) is 1. The number of benzene rings is 1. The maximum Gasteiger partial charge on any atom is 0.125 e. The Labute approximate surface area is 122 Å². The summed E-state index contributed by atoms with van der Waals surface area (Å²) < 4.78 is 13.8. The quantitative estimate of drug-likeness (QED) is 0.901. The minimum absolute atomic E-state index is 0.130. The van der Waals surface area contributed by atoms with Crippen molar-refractivity contribution in [2.24, 2.45) is 11.3 Å². The predicted octanol–water partition coefficient (Wildman–Crippen LogP) is 3.81. The molecule has 112 valence electrons. The molecule has 0 amide bonds. The summed E-state index contributed by atoms with van der Waals surface area (Å²) in [6.45, 7) is 12.7. The molecule has 0 aliphatic carbocycles. The van der Waals surface area contributed by atoms with Crippen LogP contribution < -0.4 is 10.2 Å². The van der Waals surface area contributed by atoms with Gasteiger partial charge in [-0.3, -0.25) is 0 Å². The molecule has 0 bridgehead atoms. The Bertz CT molecular complexity index is 451. The Balaban J connectivity index is 2.11. The van der Waals surface area contributed by atoms with E-state index in [1.807, 2.05) is 0 Å². The van der Waals surface area contributed by atoms with Gasteiger partial charge in [0.05, 0.1) is 0 Å². The minimum atomic E-state index is -0.130. The highest BCUT2D eigenvalue weighted by molar-refractivity contribution is 5.50. The second kappa shape index (κ2) is 6.13. The predicted molar refractivity (Wildman–Crippen MR) is 83.6 cm³/mol. The van der Waals surface area contributed by atoms with Gasteiger partial charge in [-0.05, 0) is 48.1 Å². The molecule has 1 aromatic rings. The zero-order valence-corrected chi connectivity index (χ0v) is 13.2. The molecule has 2 rings (SSSR count). The third-order valence-electron chi connectivity index (χ3n) is 4.30. The minimum Gasteiger partial charge on any atom is -0.371 e. The van der Waals surface area contributed by atoms with Crippen LogP contribution in [0, 0.1) is 17.2 Å². The van der Waals surface area contributed by atoms with Gasteiger partial charge in [0.2, 0.25) is 0 Å². The lowest BCUT2D eigenvalue weighted by atomic mass is 9.80. The number of nitrogens with zero attached hydrogens (tertiary/aromatic N) is 1. The van der Waals surface area contributed by atoms with Crippen LogP contribution in [0.5, 0.6) is 0 Å². The second-order valence-corrected chi connectivity index (χ2v) is 6.90. The van der Waals surface area contributed by atoms with Crippen LogP contribution in [0.25, 0.3) is 0 Å². The number of hydrogen-bond donors (Lipinski definition) is 1. The van der Waals surface area contributed by atoms with Crippen LogP contribution in [0.1, 0.15) is 39.7 Å². The van der Waals surface area contributed by atoms with Crippen molar-refractivity contribution in [1.29, 1.82) is 0 Å². The molecule has 1 aliphatic rings. The summed E-state index contributed by atoms with van der Waals surface area (Å²) in [5, 5.41) is 3.26. The van der Waals surface area contributed by atoms with Crippen LogP contribution >= 0.6 is 0 Å². The smallest absolute Gasteiger partial charge is 0.125 e. The van der Waals surface area contributed by atoms with Gasteiger partial charge in [-0.1, -0.05) is 27.7 Å². The van der Waals surface area contributed by atoms with E-state index in [1.165, 1.54) is 6.42 Å². The van der Waals surface area contributed by atoms with Gasteiger partial charge in [-0.15, -0.1) is 0 Å². The third-order valence-corrected chi connectivity index (χ3v) is 4.30. The number of hydrogen-bond acceptors (Lipinski definition) is 2. The van der Waals surface area contributed by atoms with Crippen LogP contribution in [-0.4, -0.2) is 19.6 Å². The lowest BCUT2D eigenvalue weighted by molar-refractivity contribution is 0.263. The summed E-state index contributed by atoms with van der Waals surface area (Å²) in [5.74, 6) is 0.553. The zero-order valence-electron chi connectivity index (χ0n) is 13.2. The molecular formula is C17H27FN2. The van der Waals surface area contributed by atoms with Gasteiger partial charge in [0.1, 0.15) is 5.82 Å². The largest absolute Gasteiger partial charge is 0.371 e. The fourth-order valence-corrected chi connectivity index (χ4v) is 2.89. The van der Waals surface area contributed by atoms with Gasteiger partial charge in [-0.25, -0.2) is 4.39 Å². The molecule has 0 spiro atoms. The topological polar surface area (TPSA) is 15.3 Å². The molecule has 1 N–H and O–H groups in total. The third kappa shape index (κ3) is 3.72. The molecular weight excluding hydrogens is 251 g/mol. The van der Waals surface area contributed by atoms with E-state index >= 15 is 0 Å². The fourth-order valence-electron chi connectivity index (χ4n) is 2.89. The van der Waals surface area contributed by atoms with E-state index in [0.717, 1.165) is 37.4 Å². The van der Waals surface area contributed by atoms with E-state index in [9.17, 15) is 4.39 Å². The molecule has 1 saturated heterocycles. The SMILES string of the molecule is CCNCc1cc(F)cc(N2CCC(C(C)(C)C)C2)c1.